The van der Waals surface area contributed by atoms with E-state index < -0.39 is 0 Å². The summed E-state index contributed by atoms with van der Waals surface area (Å²) in [6.07, 6.45) is 1.33. The first-order valence-corrected chi connectivity index (χ1v) is 5.54. The smallest absolute Gasteiger partial charge is 0.348 e. The van der Waals surface area contributed by atoms with Crippen LogP contribution in [0.1, 0.15) is 5.56 Å². The molecule has 2 aromatic heterocycles. The number of H-pyrrole nitrogens is 1. The van der Waals surface area contributed by atoms with Crippen LogP contribution in [0.2, 0.25) is 0 Å². The van der Waals surface area contributed by atoms with Crippen molar-refractivity contribution in [1.82, 2.24) is 19.6 Å². The van der Waals surface area contributed by atoms with E-state index in [0.717, 1.165) is 0 Å². The van der Waals surface area contributed by atoms with Crippen molar-refractivity contribution in [2.75, 3.05) is 0 Å². The molecule has 3 rings (SSSR count). The molecule has 0 atom stereocenters. The maximum atomic E-state index is 11.3. The van der Waals surface area contributed by atoms with Gasteiger partial charge >= 0.3 is 5.69 Å². The van der Waals surface area contributed by atoms with Crippen LogP contribution in [0.15, 0.2) is 35.4 Å². The Morgan fingerprint density at radius 2 is 2.26 bits per heavy atom. The highest BCUT2D eigenvalue weighted by atomic mass is 16.5. The van der Waals surface area contributed by atoms with Gasteiger partial charge < -0.3 is 9.84 Å². The molecule has 1 aromatic carbocycles. The van der Waals surface area contributed by atoms with E-state index in [2.05, 4.69) is 15.2 Å². The van der Waals surface area contributed by atoms with Gasteiger partial charge in [-0.15, -0.1) is 0 Å². The number of aromatic amines is 1. The third-order valence-electron chi connectivity index (χ3n) is 2.75. The average molecular weight is 258 g/mol. The van der Waals surface area contributed by atoms with Gasteiger partial charge in [0, 0.05) is 11.6 Å². The molecule has 0 amide bonds. The number of fused-ring (bicyclic) bond motifs is 1. The van der Waals surface area contributed by atoms with Crippen molar-refractivity contribution in [3.8, 4) is 17.4 Å². The molecule has 0 unspecified atom stereocenters. The fourth-order valence-corrected chi connectivity index (χ4v) is 1.67. The minimum atomic E-state index is -0.359. The summed E-state index contributed by atoms with van der Waals surface area (Å²) < 4.78 is 6.83. The Hall–Kier alpha value is -2.83. The number of hydrogen-bond donors (Lipinski definition) is 2. The van der Waals surface area contributed by atoms with Gasteiger partial charge in [0.15, 0.2) is 5.65 Å². The highest BCUT2D eigenvalue weighted by Gasteiger charge is 2.08. The lowest BCUT2D eigenvalue weighted by molar-refractivity contribution is 0.438. The van der Waals surface area contributed by atoms with Crippen molar-refractivity contribution in [2.45, 2.75) is 6.92 Å². The summed E-state index contributed by atoms with van der Waals surface area (Å²) >= 11 is 0. The Balaban J connectivity index is 2.01. The molecule has 3 aromatic rings. The first kappa shape index (κ1) is 11.3. The molecule has 0 saturated carbocycles. The summed E-state index contributed by atoms with van der Waals surface area (Å²) in [6, 6.07) is 6.50. The average Bonchev–Trinajstić information content (AvgIpc) is 2.76. The fourth-order valence-electron chi connectivity index (χ4n) is 1.67. The summed E-state index contributed by atoms with van der Waals surface area (Å²) in [4.78, 5) is 15.3. The van der Waals surface area contributed by atoms with Crippen molar-refractivity contribution >= 4 is 5.65 Å². The second-order valence-electron chi connectivity index (χ2n) is 3.99. The Morgan fingerprint density at radius 3 is 3.11 bits per heavy atom. The molecule has 2 N–H and O–H groups in total. The number of phenolic OH excluding ortho intramolecular Hbond substituents is 1. The molecule has 0 bridgehead atoms. The normalized spacial score (nSPS) is 10.8. The van der Waals surface area contributed by atoms with Gasteiger partial charge in [0.05, 0.1) is 0 Å². The monoisotopic (exact) mass is 258 g/mol. The minimum Gasteiger partial charge on any atom is -0.508 e. The van der Waals surface area contributed by atoms with E-state index in [1.807, 2.05) is 0 Å². The quantitative estimate of drug-likeness (QED) is 0.721. The van der Waals surface area contributed by atoms with Crippen molar-refractivity contribution < 1.29 is 9.84 Å². The second-order valence-corrected chi connectivity index (χ2v) is 3.99. The summed E-state index contributed by atoms with van der Waals surface area (Å²) in [7, 11) is 0. The largest absolute Gasteiger partial charge is 0.508 e. The van der Waals surface area contributed by atoms with Crippen molar-refractivity contribution in [3.05, 3.63) is 46.6 Å². The first-order valence-electron chi connectivity index (χ1n) is 5.54. The summed E-state index contributed by atoms with van der Waals surface area (Å²) in [5.74, 6) is 0.935. The Bertz CT molecular complexity index is 806. The predicted molar refractivity (Wildman–Crippen MR) is 66.5 cm³/mol. The van der Waals surface area contributed by atoms with Gasteiger partial charge in [0.2, 0.25) is 5.88 Å². The number of aromatic hydroxyl groups is 1. The van der Waals surface area contributed by atoms with E-state index >= 15 is 0 Å². The van der Waals surface area contributed by atoms with Crippen LogP contribution >= 0.6 is 0 Å². The topological polar surface area (TPSA) is 92.5 Å². The molecular weight excluding hydrogens is 248 g/mol. The number of benzene rings is 1. The van der Waals surface area contributed by atoms with Crippen molar-refractivity contribution in [3.63, 3.8) is 0 Å². The molecule has 0 aliphatic heterocycles. The van der Waals surface area contributed by atoms with Crippen LogP contribution in [-0.4, -0.2) is 24.7 Å². The van der Waals surface area contributed by atoms with Crippen molar-refractivity contribution in [2.24, 2.45) is 0 Å². The number of aromatic nitrogens is 4. The van der Waals surface area contributed by atoms with Crippen LogP contribution in [0.4, 0.5) is 0 Å². The van der Waals surface area contributed by atoms with Crippen LogP contribution in [0.5, 0.6) is 17.4 Å². The van der Waals surface area contributed by atoms with E-state index in [0.29, 0.717) is 22.8 Å². The molecule has 0 saturated heterocycles. The zero-order chi connectivity index (χ0) is 13.4. The highest BCUT2D eigenvalue weighted by molar-refractivity contribution is 5.46. The maximum Gasteiger partial charge on any atom is 0.348 e. The number of phenols is 1. The summed E-state index contributed by atoms with van der Waals surface area (Å²) in [5, 5.41) is 15.7. The number of hydrogen-bond acceptors (Lipinski definition) is 5. The Morgan fingerprint density at radius 1 is 1.42 bits per heavy atom. The molecule has 7 nitrogen and oxygen atoms in total. The lowest BCUT2D eigenvalue weighted by atomic mass is 10.2. The molecule has 7 heteroatoms. The van der Waals surface area contributed by atoms with Crippen LogP contribution < -0.4 is 10.4 Å². The van der Waals surface area contributed by atoms with Gasteiger partial charge in [0.1, 0.15) is 17.8 Å². The zero-order valence-corrected chi connectivity index (χ0v) is 9.99. The molecule has 0 aliphatic carbocycles. The van der Waals surface area contributed by atoms with E-state index in [1.165, 1.54) is 16.8 Å². The number of ether oxygens (including phenoxy) is 1. The van der Waals surface area contributed by atoms with E-state index in [-0.39, 0.29) is 11.4 Å². The number of rotatable bonds is 2. The fraction of sp³-hybridized carbons (Fsp3) is 0.0833. The number of nitrogens with zero attached hydrogens (tertiary/aromatic N) is 3. The van der Waals surface area contributed by atoms with Gasteiger partial charge in [-0.05, 0) is 19.1 Å². The molecule has 96 valence electrons. The molecular formula is C12H10N4O3. The van der Waals surface area contributed by atoms with E-state index in [4.69, 9.17) is 4.74 Å². The molecule has 0 spiro atoms. The van der Waals surface area contributed by atoms with Gasteiger partial charge in [0.25, 0.3) is 0 Å². The highest BCUT2D eigenvalue weighted by Crippen LogP contribution is 2.29. The van der Waals surface area contributed by atoms with E-state index in [1.54, 1.807) is 25.1 Å². The third-order valence-corrected chi connectivity index (χ3v) is 2.75. The lowest BCUT2D eigenvalue weighted by Gasteiger charge is -2.08. The number of nitrogens with one attached hydrogen (secondary N) is 1. The second kappa shape index (κ2) is 4.13. The van der Waals surface area contributed by atoms with Crippen LogP contribution in [0, 0.1) is 6.92 Å². The predicted octanol–water partition coefficient (Wildman–Crippen LogP) is 1.22. The van der Waals surface area contributed by atoms with Crippen LogP contribution in [0.25, 0.3) is 5.65 Å². The SMILES string of the molecule is Cc1c(O)cccc1Oc1cc2n[nH]c(=O)n2cn1. The molecule has 19 heavy (non-hydrogen) atoms. The van der Waals surface area contributed by atoms with Gasteiger partial charge in [-0.3, -0.25) is 0 Å². The van der Waals surface area contributed by atoms with Crippen LogP contribution in [-0.2, 0) is 0 Å². The zero-order valence-electron chi connectivity index (χ0n) is 9.99. The van der Waals surface area contributed by atoms with Gasteiger partial charge in [-0.25, -0.2) is 19.3 Å². The summed E-state index contributed by atoms with van der Waals surface area (Å²) in [5.41, 5.74) is 0.666. The molecule has 2 heterocycles. The maximum absolute atomic E-state index is 11.3. The summed E-state index contributed by atoms with van der Waals surface area (Å²) in [6.45, 7) is 1.74. The Kier molecular flexibility index (Phi) is 2.45. The van der Waals surface area contributed by atoms with Crippen LogP contribution in [0.3, 0.4) is 0 Å². The standard InChI is InChI=1S/C12H10N4O3/c1-7-8(17)3-2-4-9(7)19-11-5-10-14-15-12(18)16(10)6-13-11/h2-6,17H,1H3,(H,15,18). The van der Waals surface area contributed by atoms with Gasteiger partial charge in [-0.2, -0.15) is 5.10 Å². The van der Waals surface area contributed by atoms with Crippen molar-refractivity contribution in [1.29, 1.82) is 0 Å². The first-order chi connectivity index (χ1) is 9.15. The minimum absolute atomic E-state index is 0.148. The van der Waals surface area contributed by atoms with Gasteiger partial charge in [-0.1, -0.05) is 6.07 Å². The molecule has 0 radical (unpaired) electrons. The lowest BCUT2D eigenvalue weighted by Crippen LogP contribution is -2.09. The molecule has 0 aliphatic rings. The Labute approximate surface area is 107 Å². The third kappa shape index (κ3) is 1.90. The van der Waals surface area contributed by atoms with E-state index in [9.17, 15) is 9.90 Å². The molecule has 0 fully saturated rings.